The standard InChI is InChI=1S/C7H3BrClN3S/c8-4-1-2-5(10-3-4)6-11-7(9)12-13-6/h1-3H. The smallest absolute Gasteiger partial charge is 0.234 e. The van der Waals surface area contributed by atoms with Crippen molar-refractivity contribution in [2.24, 2.45) is 0 Å². The maximum absolute atomic E-state index is 5.59. The van der Waals surface area contributed by atoms with Crippen molar-refractivity contribution < 1.29 is 0 Å². The Morgan fingerprint density at radius 3 is 2.77 bits per heavy atom. The van der Waals surface area contributed by atoms with Gasteiger partial charge in [0.15, 0.2) is 5.01 Å². The van der Waals surface area contributed by atoms with Crippen LogP contribution in [0, 0.1) is 0 Å². The SMILES string of the molecule is Clc1nsc(-c2ccc(Br)cn2)n1. The molecule has 0 saturated carbocycles. The molecule has 0 fully saturated rings. The number of rotatable bonds is 1. The topological polar surface area (TPSA) is 38.7 Å². The Morgan fingerprint density at radius 1 is 1.38 bits per heavy atom. The quantitative estimate of drug-likeness (QED) is 0.803. The summed E-state index contributed by atoms with van der Waals surface area (Å²) in [6.07, 6.45) is 1.71. The van der Waals surface area contributed by atoms with E-state index in [1.807, 2.05) is 12.1 Å². The summed E-state index contributed by atoms with van der Waals surface area (Å²) in [4.78, 5) is 8.17. The summed E-state index contributed by atoms with van der Waals surface area (Å²) in [5, 5.41) is 1.00. The van der Waals surface area contributed by atoms with Gasteiger partial charge < -0.3 is 0 Å². The monoisotopic (exact) mass is 275 g/mol. The largest absolute Gasteiger partial charge is 0.252 e. The summed E-state index contributed by atoms with van der Waals surface area (Å²) in [6, 6.07) is 3.76. The molecule has 2 rings (SSSR count). The average molecular weight is 277 g/mol. The fourth-order valence-corrected chi connectivity index (χ4v) is 1.83. The second-order valence-corrected chi connectivity index (χ2v) is 4.24. The lowest BCUT2D eigenvalue weighted by atomic mass is 10.4. The van der Waals surface area contributed by atoms with Gasteiger partial charge in [0.25, 0.3) is 0 Å². The van der Waals surface area contributed by atoms with Crippen molar-refractivity contribution in [1.29, 1.82) is 0 Å². The van der Waals surface area contributed by atoms with Gasteiger partial charge in [0.1, 0.15) is 5.69 Å². The first-order chi connectivity index (χ1) is 6.25. The molecule has 0 aliphatic carbocycles. The zero-order valence-electron chi connectivity index (χ0n) is 6.24. The van der Waals surface area contributed by atoms with Crippen LogP contribution >= 0.6 is 39.1 Å². The van der Waals surface area contributed by atoms with Gasteiger partial charge in [-0.2, -0.15) is 4.37 Å². The lowest BCUT2D eigenvalue weighted by Gasteiger charge is -1.92. The molecule has 0 radical (unpaired) electrons. The first-order valence-electron chi connectivity index (χ1n) is 3.37. The van der Waals surface area contributed by atoms with E-state index in [1.54, 1.807) is 6.20 Å². The maximum atomic E-state index is 5.59. The molecule has 66 valence electrons. The predicted molar refractivity (Wildman–Crippen MR) is 55.9 cm³/mol. The summed E-state index contributed by atoms with van der Waals surface area (Å²) in [5.41, 5.74) is 0.785. The molecule has 0 bridgehead atoms. The number of aromatic nitrogens is 3. The third-order valence-electron chi connectivity index (χ3n) is 1.35. The molecule has 0 N–H and O–H groups in total. The molecule has 6 heteroatoms. The molecule has 0 aliphatic rings. The van der Waals surface area contributed by atoms with Gasteiger partial charge in [-0.05, 0) is 51.2 Å². The first-order valence-corrected chi connectivity index (χ1v) is 5.31. The van der Waals surface area contributed by atoms with E-state index >= 15 is 0 Å². The zero-order valence-corrected chi connectivity index (χ0v) is 9.40. The van der Waals surface area contributed by atoms with E-state index in [1.165, 1.54) is 11.5 Å². The second kappa shape index (κ2) is 3.69. The van der Waals surface area contributed by atoms with Gasteiger partial charge in [-0.1, -0.05) is 0 Å². The van der Waals surface area contributed by atoms with Crippen LogP contribution in [-0.2, 0) is 0 Å². The minimum Gasteiger partial charge on any atom is -0.252 e. The van der Waals surface area contributed by atoms with Crippen LogP contribution in [0.15, 0.2) is 22.8 Å². The van der Waals surface area contributed by atoms with Gasteiger partial charge in [-0.25, -0.2) is 4.98 Å². The molecule has 3 nitrogen and oxygen atoms in total. The van der Waals surface area contributed by atoms with Gasteiger partial charge in [0, 0.05) is 10.7 Å². The molecule has 0 atom stereocenters. The molecule has 0 saturated heterocycles. The maximum Gasteiger partial charge on any atom is 0.234 e. The number of pyridine rings is 1. The van der Waals surface area contributed by atoms with Crippen LogP contribution < -0.4 is 0 Å². The molecular formula is C7H3BrClN3S. The van der Waals surface area contributed by atoms with Crippen LogP contribution in [0.25, 0.3) is 10.7 Å². The van der Waals surface area contributed by atoms with Crippen molar-refractivity contribution in [2.45, 2.75) is 0 Å². The van der Waals surface area contributed by atoms with Gasteiger partial charge in [-0.15, -0.1) is 0 Å². The van der Waals surface area contributed by atoms with Crippen molar-refractivity contribution in [3.8, 4) is 10.7 Å². The van der Waals surface area contributed by atoms with Gasteiger partial charge in [0.05, 0.1) is 0 Å². The van der Waals surface area contributed by atoms with Crippen LogP contribution in [0.1, 0.15) is 0 Å². The van der Waals surface area contributed by atoms with Crippen molar-refractivity contribution in [2.75, 3.05) is 0 Å². The van der Waals surface area contributed by atoms with Crippen molar-refractivity contribution in [3.05, 3.63) is 28.1 Å². The summed E-state index contributed by atoms with van der Waals surface area (Å²) < 4.78 is 4.80. The highest BCUT2D eigenvalue weighted by molar-refractivity contribution is 9.10. The molecule has 0 spiro atoms. The summed E-state index contributed by atoms with van der Waals surface area (Å²) >= 11 is 10.1. The Kier molecular flexibility index (Phi) is 2.57. The molecule has 0 aliphatic heterocycles. The number of halogens is 2. The fourth-order valence-electron chi connectivity index (χ4n) is 0.812. The summed E-state index contributed by atoms with van der Waals surface area (Å²) in [6.45, 7) is 0. The highest BCUT2D eigenvalue weighted by atomic mass is 79.9. The van der Waals surface area contributed by atoms with E-state index in [4.69, 9.17) is 11.6 Å². The third kappa shape index (κ3) is 2.04. The van der Waals surface area contributed by atoms with E-state index in [9.17, 15) is 0 Å². The zero-order chi connectivity index (χ0) is 9.26. The molecule has 13 heavy (non-hydrogen) atoms. The number of nitrogens with zero attached hydrogens (tertiary/aromatic N) is 3. The Balaban J connectivity index is 2.41. The summed E-state index contributed by atoms with van der Waals surface area (Å²) in [7, 11) is 0. The molecule has 0 aromatic carbocycles. The van der Waals surface area contributed by atoms with Crippen LogP contribution in [0.5, 0.6) is 0 Å². The van der Waals surface area contributed by atoms with Crippen molar-refractivity contribution in [1.82, 2.24) is 14.3 Å². The lowest BCUT2D eigenvalue weighted by molar-refractivity contribution is 1.26. The predicted octanol–water partition coefficient (Wildman–Crippen LogP) is 3.02. The van der Waals surface area contributed by atoms with Gasteiger partial charge in [0.2, 0.25) is 5.28 Å². The number of hydrogen-bond acceptors (Lipinski definition) is 4. The summed E-state index contributed by atoms with van der Waals surface area (Å²) in [5.74, 6) is 0. The molecule has 0 amide bonds. The first kappa shape index (κ1) is 9.05. The highest BCUT2D eigenvalue weighted by Gasteiger charge is 2.05. The van der Waals surface area contributed by atoms with Gasteiger partial charge in [-0.3, -0.25) is 4.98 Å². The molecule has 2 heterocycles. The molecular weight excluding hydrogens is 274 g/mol. The van der Waals surface area contributed by atoms with E-state index in [2.05, 4.69) is 30.3 Å². The van der Waals surface area contributed by atoms with E-state index in [0.29, 0.717) is 0 Å². The van der Waals surface area contributed by atoms with E-state index < -0.39 is 0 Å². The number of hydrogen-bond donors (Lipinski definition) is 0. The Morgan fingerprint density at radius 2 is 2.23 bits per heavy atom. The van der Waals surface area contributed by atoms with Crippen molar-refractivity contribution in [3.63, 3.8) is 0 Å². The Labute approximate surface area is 92.1 Å². The fraction of sp³-hybridized carbons (Fsp3) is 0. The lowest BCUT2D eigenvalue weighted by Crippen LogP contribution is -1.80. The third-order valence-corrected chi connectivity index (χ3v) is 2.82. The van der Waals surface area contributed by atoms with E-state index in [0.717, 1.165) is 15.2 Å². The Hall–Kier alpha value is -0.520. The minimum absolute atomic E-state index is 0.268. The normalized spacial score (nSPS) is 10.3. The van der Waals surface area contributed by atoms with Crippen LogP contribution in [0.3, 0.4) is 0 Å². The van der Waals surface area contributed by atoms with Crippen LogP contribution in [0.2, 0.25) is 5.28 Å². The van der Waals surface area contributed by atoms with Crippen molar-refractivity contribution >= 4 is 39.1 Å². The molecule has 2 aromatic rings. The average Bonchev–Trinajstić information content (AvgIpc) is 2.53. The minimum atomic E-state index is 0.268. The van der Waals surface area contributed by atoms with Crippen LogP contribution in [-0.4, -0.2) is 14.3 Å². The highest BCUT2D eigenvalue weighted by Crippen LogP contribution is 2.21. The molecule has 0 unspecified atom stereocenters. The Bertz CT molecular complexity index is 414. The van der Waals surface area contributed by atoms with Crippen LogP contribution in [0.4, 0.5) is 0 Å². The van der Waals surface area contributed by atoms with Gasteiger partial charge >= 0.3 is 0 Å². The second-order valence-electron chi connectivity index (χ2n) is 2.23. The van der Waals surface area contributed by atoms with E-state index in [-0.39, 0.29) is 5.28 Å². The molecule has 2 aromatic heterocycles.